The minimum absolute atomic E-state index is 0.0340. The fourth-order valence-corrected chi connectivity index (χ4v) is 3.76. The first-order valence-corrected chi connectivity index (χ1v) is 9.32. The Morgan fingerprint density at radius 3 is 3.04 bits per heavy atom. The number of nitrogens with zero attached hydrogens (tertiary/aromatic N) is 6. The minimum Gasteiger partial charge on any atom is -0.394 e. The third-order valence-corrected chi connectivity index (χ3v) is 5.21. The van der Waals surface area contributed by atoms with Crippen LogP contribution in [0.3, 0.4) is 0 Å². The summed E-state index contributed by atoms with van der Waals surface area (Å²) >= 11 is 0. The molecule has 1 unspecified atom stereocenters. The number of amides is 1. The molecular formula is C17H25N7O2. The van der Waals surface area contributed by atoms with Crippen molar-refractivity contribution in [1.82, 2.24) is 35.0 Å². The molecule has 2 aliphatic heterocycles. The van der Waals surface area contributed by atoms with Gasteiger partial charge in [-0.3, -0.25) is 14.2 Å². The van der Waals surface area contributed by atoms with Crippen LogP contribution in [-0.2, 0) is 26.2 Å². The lowest BCUT2D eigenvalue weighted by molar-refractivity contribution is 0.0741. The normalized spacial score (nSPS) is 19.7. The van der Waals surface area contributed by atoms with Crippen molar-refractivity contribution in [2.75, 3.05) is 13.2 Å². The second-order valence-corrected chi connectivity index (χ2v) is 7.03. The van der Waals surface area contributed by atoms with E-state index in [0.29, 0.717) is 31.4 Å². The molecule has 140 valence electrons. The third-order valence-electron chi connectivity index (χ3n) is 5.21. The zero-order valence-electron chi connectivity index (χ0n) is 14.8. The summed E-state index contributed by atoms with van der Waals surface area (Å²) in [5.74, 6) is -0.112. The van der Waals surface area contributed by atoms with E-state index in [0.717, 1.165) is 30.8 Å². The molecular weight excluding hydrogens is 334 g/mol. The van der Waals surface area contributed by atoms with Crippen LogP contribution in [0.15, 0.2) is 12.4 Å². The number of hydrogen-bond donors (Lipinski definition) is 2. The molecule has 2 aromatic heterocycles. The molecule has 0 aliphatic carbocycles. The minimum atomic E-state index is -0.112. The SMILES string of the molecule is O=C(c1cn(CCC2CCCCN2)nn1)N1Cc2cnn(CCO)c2C1. The molecule has 1 atom stereocenters. The number of fused-ring (bicyclic) bond motifs is 1. The monoisotopic (exact) mass is 359 g/mol. The van der Waals surface area contributed by atoms with Crippen molar-refractivity contribution in [3.8, 4) is 0 Å². The Hall–Kier alpha value is -2.26. The van der Waals surface area contributed by atoms with Crippen molar-refractivity contribution in [2.24, 2.45) is 0 Å². The van der Waals surface area contributed by atoms with Crippen molar-refractivity contribution in [1.29, 1.82) is 0 Å². The molecule has 1 saturated heterocycles. The largest absolute Gasteiger partial charge is 0.394 e. The summed E-state index contributed by atoms with van der Waals surface area (Å²) in [7, 11) is 0. The van der Waals surface area contributed by atoms with Gasteiger partial charge in [-0.25, -0.2) is 0 Å². The molecule has 1 amide bonds. The molecule has 0 saturated carbocycles. The van der Waals surface area contributed by atoms with Crippen LogP contribution in [0.1, 0.15) is 47.4 Å². The van der Waals surface area contributed by atoms with Gasteiger partial charge in [0.25, 0.3) is 5.91 Å². The number of aryl methyl sites for hydroxylation is 1. The van der Waals surface area contributed by atoms with E-state index in [1.54, 1.807) is 26.7 Å². The number of nitrogens with one attached hydrogen (secondary N) is 1. The summed E-state index contributed by atoms with van der Waals surface area (Å²) in [6, 6.07) is 0.537. The van der Waals surface area contributed by atoms with E-state index < -0.39 is 0 Å². The van der Waals surface area contributed by atoms with Crippen LogP contribution < -0.4 is 5.32 Å². The Morgan fingerprint density at radius 2 is 2.23 bits per heavy atom. The van der Waals surface area contributed by atoms with E-state index in [1.807, 2.05) is 0 Å². The summed E-state index contributed by atoms with van der Waals surface area (Å²) < 4.78 is 3.52. The number of hydrogen-bond acceptors (Lipinski definition) is 6. The van der Waals surface area contributed by atoms with Gasteiger partial charge in [0.2, 0.25) is 0 Å². The highest BCUT2D eigenvalue weighted by Crippen LogP contribution is 2.23. The maximum Gasteiger partial charge on any atom is 0.276 e. The van der Waals surface area contributed by atoms with Crippen molar-refractivity contribution >= 4 is 5.91 Å². The molecule has 9 heteroatoms. The molecule has 1 fully saturated rings. The Bertz CT molecular complexity index is 763. The summed E-state index contributed by atoms with van der Waals surface area (Å²) in [6.07, 6.45) is 8.26. The highest BCUT2D eigenvalue weighted by molar-refractivity contribution is 5.92. The Morgan fingerprint density at radius 1 is 1.31 bits per heavy atom. The second kappa shape index (κ2) is 7.55. The third kappa shape index (κ3) is 3.49. The average Bonchev–Trinajstić information content (AvgIpc) is 3.38. The maximum atomic E-state index is 12.7. The van der Waals surface area contributed by atoms with Crippen molar-refractivity contribution in [3.63, 3.8) is 0 Å². The molecule has 0 aromatic carbocycles. The smallest absolute Gasteiger partial charge is 0.276 e. The van der Waals surface area contributed by atoms with Gasteiger partial charge in [0.15, 0.2) is 5.69 Å². The van der Waals surface area contributed by atoms with Crippen LogP contribution in [0.4, 0.5) is 0 Å². The van der Waals surface area contributed by atoms with Crippen molar-refractivity contribution < 1.29 is 9.90 Å². The van der Waals surface area contributed by atoms with Crippen LogP contribution >= 0.6 is 0 Å². The standard InChI is InChI=1S/C17H25N7O2/c25-8-7-24-16-12-22(10-13(16)9-19-24)17(26)15-11-23(21-20-15)6-4-14-3-1-2-5-18-14/h9,11,14,18,25H,1-8,10,12H2. The van der Waals surface area contributed by atoms with E-state index in [2.05, 4.69) is 20.7 Å². The number of aliphatic hydroxyl groups excluding tert-OH is 1. The Balaban J connectivity index is 1.35. The van der Waals surface area contributed by atoms with Crippen LogP contribution in [0.5, 0.6) is 0 Å². The van der Waals surface area contributed by atoms with E-state index in [4.69, 9.17) is 5.11 Å². The van der Waals surface area contributed by atoms with Crippen LogP contribution in [0, 0.1) is 0 Å². The van der Waals surface area contributed by atoms with Crippen molar-refractivity contribution in [2.45, 2.75) is 57.9 Å². The molecule has 2 aromatic rings. The lowest BCUT2D eigenvalue weighted by Crippen LogP contribution is -2.34. The van der Waals surface area contributed by atoms with E-state index in [9.17, 15) is 4.79 Å². The molecule has 0 spiro atoms. The highest BCUT2D eigenvalue weighted by atomic mass is 16.3. The zero-order chi connectivity index (χ0) is 17.9. The zero-order valence-corrected chi connectivity index (χ0v) is 14.8. The van der Waals surface area contributed by atoms with Crippen LogP contribution in [0.25, 0.3) is 0 Å². The van der Waals surface area contributed by atoms with Gasteiger partial charge in [0.1, 0.15) is 0 Å². The molecule has 0 bridgehead atoms. The lowest BCUT2D eigenvalue weighted by atomic mass is 10.0. The summed E-state index contributed by atoms with van der Waals surface area (Å²) in [6.45, 7) is 3.36. The van der Waals surface area contributed by atoms with Crippen LogP contribution in [-0.4, -0.2) is 59.9 Å². The first-order chi connectivity index (χ1) is 12.7. The fraction of sp³-hybridized carbons (Fsp3) is 0.647. The van der Waals surface area contributed by atoms with Gasteiger partial charge in [-0.1, -0.05) is 11.6 Å². The quantitative estimate of drug-likeness (QED) is 0.762. The highest BCUT2D eigenvalue weighted by Gasteiger charge is 2.29. The molecule has 0 radical (unpaired) electrons. The molecule has 4 heterocycles. The number of carbonyl (C=O) groups excluding carboxylic acids is 1. The van der Waals surface area contributed by atoms with Crippen LogP contribution in [0.2, 0.25) is 0 Å². The number of piperidine rings is 1. The molecule has 4 rings (SSSR count). The molecule has 9 nitrogen and oxygen atoms in total. The topological polar surface area (TPSA) is 101 Å². The fourth-order valence-electron chi connectivity index (χ4n) is 3.76. The maximum absolute atomic E-state index is 12.7. The average molecular weight is 359 g/mol. The summed E-state index contributed by atoms with van der Waals surface area (Å²) in [5.41, 5.74) is 2.40. The first-order valence-electron chi connectivity index (χ1n) is 9.32. The lowest BCUT2D eigenvalue weighted by Gasteiger charge is -2.23. The predicted molar refractivity (Wildman–Crippen MR) is 93.2 cm³/mol. The number of aliphatic hydroxyl groups is 1. The Kier molecular flexibility index (Phi) is 4.98. The number of rotatable bonds is 6. The van der Waals surface area contributed by atoms with E-state index in [-0.39, 0.29) is 12.5 Å². The Labute approximate surface area is 152 Å². The molecule has 26 heavy (non-hydrogen) atoms. The number of aromatic nitrogens is 5. The van der Waals surface area contributed by atoms with E-state index in [1.165, 1.54) is 19.3 Å². The molecule has 2 N–H and O–H groups in total. The van der Waals surface area contributed by atoms with Gasteiger partial charge in [-0.15, -0.1) is 5.10 Å². The summed E-state index contributed by atoms with van der Waals surface area (Å²) in [5, 5.41) is 25.1. The van der Waals surface area contributed by atoms with Gasteiger partial charge in [-0.2, -0.15) is 5.10 Å². The van der Waals surface area contributed by atoms with E-state index >= 15 is 0 Å². The van der Waals surface area contributed by atoms with Gasteiger partial charge >= 0.3 is 0 Å². The second-order valence-electron chi connectivity index (χ2n) is 7.03. The van der Waals surface area contributed by atoms with Crippen molar-refractivity contribution in [3.05, 3.63) is 29.3 Å². The van der Waals surface area contributed by atoms with Gasteiger partial charge in [-0.05, 0) is 25.8 Å². The van der Waals surface area contributed by atoms with Gasteiger partial charge in [0, 0.05) is 24.7 Å². The first kappa shape index (κ1) is 17.2. The van der Waals surface area contributed by atoms with Gasteiger partial charge < -0.3 is 15.3 Å². The predicted octanol–water partition coefficient (Wildman–Crippen LogP) is 0.155. The summed E-state index contributed by atoms with van der Waals surface area (Å²) in [4.78, 5) is 14.5. The number of carbonyl (C=O) groups is 1. The molecule has 2 aliphatic rings. The van der Waals surface area contributed by atoms with Gasteiger partial charge in [0.05, 0.1) is 37.8 Å².